The van der Waals surface area contributed by atoms with Gasteiger partial charge < -0.3 is 14.6 Å². The predicted molar refractivity (Wildman–Crippen MR) is 109 cm³/mol. The molecule has 0 aliphatic carbocycles. The molecule has 0 aliphatic heterocycles. The van der Waals surface area contributed by atoms with Crippen molar-refractivity contribution < 1.29 is 14.5 Å². The van der Waals surface area contributed by atoms with Crippen molar-refractivity contribution in [3.8, 4) is 5.75 Å². The van der Waals surface area contributed by atoms with E-state index >= 15 is 0 Å². The number of nitrogens with one attached hydrogen (secondary N) is 1. The summed E-state index contributed by atoms with van der Waals surface area (Å²) in [5, 5.41) is 13.8. The fraction of sp³-hybridized carbons (Fsp3) is 0.143. The Bertz CT molecular complexity index is 1140. The maximum Gasteiger partial charge on any atom is 0.312 e. The first-order chi connectivity index (χ1) is 13.9. The molecule has 8 heteroatoms. The van der Waals surface area contributed by atoms with Crippen LogP contribution in [0.25, 0.3) is 0 Å². The lowest BCUT2D eigenvalue weighted by molar-refractivity contribution is -0.385. The van der Waals surface area contributed by atoms with Crippen molar-refractivity contribution in [1.82, 2.24) is 4.57 Å². The van der Waals surface area contributed by atoms with E-state index < -0.39 is 10.8 Å². The van der Waals surface area contributed by atoms with Crippen LogP contribution < -0.4 is 15.6 Å². The lowest BCUT2D eigenvalue weighted by Crippen LogP contribution is -2.22. The van der Waals surface area contributed by atoms with Crippen LogP contribution in [0.4, 0.5) is 11.4 Å². The molecule has 1 amide bonds. The van der Waals surface area contributed by atoms with Gasteiger partial charge in [-0.2, -0.15) is 0 Å². The lowest BCUT2D eigenvalue weighted by atomic mass is 10.1. The van der Waals surface area contributed by atoms with Crippen molar-refractivity contribution in [1.29, 1.82) is 0 Å². The number of benzene rings is 2. The molecule has 2 aromatic carbocycles. The van der Waals surface area contributed by atoms with Crippen molar-refractivity contribution in [2.45, 2.75) is 13.5 Å². The summed E-state index contributed by atoms with van der Waals surface area (Å²) in [6.45, 7) is 2.29. The summed E-state index contributed by atoms with van der Waals surface area (Å²) in [7, 11) is 1.33. The fourth-order valence-electron chi connectivity index (χ4n) is 2.91. The van der Waals surface area contributed by atoms with E-state index in [-0.39, 0.29) is 28.2 Å². The number of carbonyl (C=O) groups is 1. The summed E-state index contributed by atoms with van der Waals surface area (Å²) < 4.78 is 6.40. The number of aromatic nitrogens is 1. The molecule has 3 aromatic rings. The molecule has 29 heavy (non-hydrogen) atoms. The van der Waals surface area contributed by atoms with Crippen LogP contribution in [0.15, 0.2) is 65.6 Å². The second-order valence-corrected chi connectivity index (χ2v) is 6.47. The van der Waals surface area contributed by atoms with Crippen LogP contribution in [0.1, 0.15) is 21.5 Å². The molecule has 0 fully saturated rings. The number of aryl methyl sites for hydroxylation is 1. The van der Waals surface area contributed by atoms with E-state index in [1.54, 1.807) is 0 Å². The third kappa shape index (κ3) is 4.67. The van der Waals surface area contributed by atoms with E-state index in [0.29, 0.717) is 6.54 Å². The van der Waals surface area contributed by atoms with Crippen molar-refractivity contribution >= 4 is 17.3 Å². The minimum Gasteiger partial charge on any atom is -0.490 e. The number of anilines is 1. The Morgan fingerprint density at radius 1 is 1.17 bits per heavy atom. The standard InChI is InChI=1S/C21H19N3O5/c1-14-4-3-5-15(10-14)12-23-13-16(6-9-20(23)25)21(26)22-17-7-8-19(29-2)18(11-17)24(27)28/h3-11,13H,12H2,1-2H3,(H,22,26). The Kier molecular flexibility index (Phi) is 5.73. The summed E-state index contributed by atoms with van der Waals surface area (Å²) in [6.07, 6.45) is 1.47. The van der Waals surface area contributed by atoms with Crippen LogP contribution in [0, 0.1) is 17.0 Å². The number of nitrogens with zero attached hydrogens (tertiary/aromatic N) is 2. The first kappa shape index (κ1) is 19.8. The molecule has 1 aromatic heterocycles. The number of methoxy groups -OCH3 is 1. The average Bonchev–Trinajstić information content (AvgIpc) is 2.69. The van der Waals surface area contributed by atoms with Gasteiger partial charge in [0, 0.05) is 24.0 Å². The zero-order chi connectivity index (χ0) is 21.0. The van der Waals surface area contributed by atoms with Gasteiger partial charge in [0.05, 0.1) is 24.1 Å². The molecule has 1 heterocycles. The summed E-state index contributed by atoms with van der Waals surface area (Å²) in [5.41, 5.74) is 2.04. The van der Waals surface area contributed by atoms with E-state index in [1.807, 2.05) is 31.2 Å². The van der Waals surface area contributed by atoms with Gasteiger partial charge in [-0.05, 0) is 30.7 Å². The number of pyridine rings is 1. The highest BCUT2D eigenvalue weighted by atomic mass is 16.6. The number of ether oxygens (including phenoxy) is 1. The molecule has 0 saturated heterocycles. The average molecular weight is 393 g/mol. The molecule has 0 atom stereocenters. The Hall–Kier alpha value is -3.94. The molecule has 1 N–H and O–H groups in total. The van der Waals surface area contributed by atoms with Crippen LogP contribution in [-0.4, -0.2) is 22.5 Å². The normalized spacial score (nSPS) is 10.4. The first-order valence-corrected chi connectivity index (χ1v) is 8.77. The second-order valence-electron chi connectivity index (χ2n) is 6.47. The molecular weight excluding hydrogens is 374 g/mol. The van der Waals surface area contributed by atoms with Crippen LogP contribution in [0.3, 0.4) is 0 Å². The number of carbonyl (C=O) groups excluding carboxylic acids is 1. The Morgan fingerprint density at radius 2 is 1.97 bits per heavy atom. The Morgan fingerprint density at radius 3 is 2.66 bits per heavy atom. The molecule has 0 spiro atoms. The minimum atomic E-state index is -0.587. The number of nitro groups is 1. The van der Waals surface area contributed by atoms with E-state index in [2.05, 4.69) is 5.32 Å². The number of hydrogen-bond donors (Lipinski definition) is 1. The highest BCUT2D eigenvalue weighted by Gasteiger charge is 2.17. The zero-order valence-corrected chi connectivity index (χ0v) is 15.9. The molecule has 8 nitrogen and oxygen atoms in total. The fourth-order valence-corrected chi connectivity index (χ4v) is 2.91. The van der Waals surface area contributed by atoms with Gasteiger partial charge in [0.2, 0.25) is 0 Å². The van der Waals surface area contributed by atoms with Gasteiger partial charge in [0.25, 0.3) is 11.5 Å². The molecule has 0 bridgehead atoms. The molecule has 0 unspecified atom stereocenters. The van der Waals surface area contributed by atoms with Crippen LogP contribution >= 0.6 is 0 Å². The molecular formula is C21H19N3O5. The topological polar surface area (TPSA) is 103 Å². The SMILES string of the molecule is COc1ccc(NC(=O)c2ccc(=O)n(Cc3cccc(C)c3)c2)cc1[N+](=O)[O-]. The summed E-state index contributed by atoms with van der Waals surface area (Å²) >= 11 is 0. The molecule has 3 rings (SSSR count). The number of hydrogen-bond acceptors (Lipinski definition) is 5. The molecule has 0 aliphatic rings. The predicted octanol–water partition coefficient (Wildman–Crippen LogP) is 3.37. The Labute approximate surface area is 166 Å². The molecule has 0 radical (unpaired) electrons. The van der Waals surface area contributed by atoms with Crippen molar-refractivity contribution in [2.24, 2.45) is 0 Å². The van der Waals surface area contributed by atoms with Gasteiger partial charge >= 0.3 is 5.69 Å². The van der Waals surface area contributed by atoms with Crippen molar-refractivity contribution in [3.05, 3.63) is 98.0 Å². The quantitative estimate of drug-likeness (QED) is 0.511. The van der Waals surface area contributed by atoms with E-state index in [0.717, 1.165) is 11.1 Å². The van der Waals surface area contributed by atoms with Crippen molar-refractivity contribution in [2.75, 3.05) is 12.4 Å². The number of amides is 1. The maximum atomic E-state index is 12.6. The van der Waals surface area contributed by atoms with Crippen LogP contribution in [0.5, 0.6) is 5.75 Å². The second kappa shape index (κ2) is 8.39. The lowest BCUT2D eigenvalue weighted by Gasteiger charge is -2.10. The van der Waals surface area contributed by atoms with Gasteiger partial charge in [0.15, 0.2) is 5.75 Å². The third-order valence-corrected chi connectivity index (χ3v) is 4.31. The Balaban J connectivity index is 1.84. The number of rotatable bonds is 6. The van der Waals surface area contributed by atoms with E-state index in [9.17, 15) is 19.7 Å². The minimum absolute atomic E-state index is 0.0969. The van der Waals surface area contributed by atoms with Crippen LogP contribution in [-0.2, 0) is 6.54 Å². The van der Waals surface area contributed by atoms with E-state index in [4.69, 9.17) is 4.74 Å². The van der Waals surface area contributed by atoms with Crippen LogP contribution in [0.2, 0.25) is 0 Å². The van der Waals surface area contributed by atoms with Gasteiger partial charge in [-0.15, -0.1) is 0 Å². The smallest absolute Gasteiger partial charge is 0.312 e. The molecule has 148 valence electrons. The van der Waals surface area contributed by atoms with Gasteiger partial charge in [-0.25, -0.2) is 0 Å². The third-order valence-electron chi connectivity index (χ3n) is 4.31. The first-order valence-electron chi connectivity index (χ1n) is 8.77. The van der Waals surface area contributed by atoms with Gasteiger partial charge in [-0.1, -0.05) is 29.8 Å². The monoisotopic (exact) mass is 393 g/mol. The summed E-state index contributed by atoms with van der Waals surface area (Å²) in [4.78, 5) is 35.3. The summed E-state index contributed by atoms with van der Waals surface area (Å²) in [6, 6.07) is 14.6. The summed E-state index contributed by atoms with van der Waals surface area (Å²) in [5.74, 6) is -0.387. The maximum absolute atomic E-state index is 12.6. The largest absolute Gasteiger partial charge is 0.490 e. The van der Waals surface area contributed by atoms with Gasteiger partial charge in [0.1, 0.15) is 0 Å². The van der Waals surface area contributed by atoms with Crippen molar-refractivity contribution in [3.63, 3.8) is 0 Å². The highest BCUT2D eigenvalue weighted by molar-refractivity contribution is 6.04. The number of nitro benzene ring substituents is 1. The zero-order valence-electron chi connectivity index (χ0n) is 15.9. The molecule has 0 saturated carbocycles. The highest BCUT2D eigenvalue weighted by Crippen LogP contribution is 2.29. The van der Waals surface area contributed by atoms with Gasteiger partial charge in [-0.3, -0.25) is 19.7 Å². The van der Waals surface area contributed by atoms with E-state index in [1.165, 1.54) is 48.2 Å².